The number of ether oxygens (including phenoxy) is 1. The molecule has 0 spiro atoms. The first kappa shape index (κ1) is 16.2. The summed E-state index contributed by atoms with van der Waals surface area (Å²) in [6.07, 6.45) is 1.45. The molecule has 1 atom stereocenters. The van der Waals surface area contributed by atoms with Gasteiger partial charge in [-0.25, -0.2) is 4.79 Å². The van der Waals surface area contributed by atoms with Crippen LogP contribution in [-0.2, 0) is 9.53 Å². The third-order valence-electron chi connectivity index (χ3n) is 2.94. The minimum absolute atomic E-state index is 0.233. The van der Waals surface area contributed by atoms with Crippen LogP contribution in [0.5, 0.6) is 0 Å². The van der Waals surface area contributed by atoms with E-state index in [0.717, 1.165) is 6.42 Å². The molecular formula is C15H22N2O3. The van der Waals surface area contributed by atoms with Crippen LogP contribution in [0.15, 0.2) is 24.3 Å². The van der Waals surface area contributed by atoms with E-state index in [1.54, 1.807) is 38.1 Å². The maximum atomic E-state index is 12.0. The quantitative estimate of drug-likeness (QED) is 0.782. The molecule has 1 rings (SSSR count). The molecule has 1 aromatic carbocycles. The van der Waals surface area contributed by atoms with Crippen molar-refractivity contribution >= 4 is 17.6 Å². The van der Waals surface area contributed by atoms with Crippen molar-refractivity contribution in [1.29, 1.82) is 0 Å². The number of carbonyl (C=O) groups is 2. The van der Waals surface area contributed by atoms with Crippen molar-refractivity contribution in [1.82, 2.24) is 0 Å². The second kappa shape index (κ2) is 7.05. The zero-order valence-electron chi connectivity index (χ0n) is 12.2. The molecule has 0 heterocycles. The molecule has 1 amide bonds. The molecule has 5 heteroatoms. The number of nitrogens with one attached hydrogen (secondary N) is 1. The highest BCUT2D eigenvalue weighted by Crippen LogP contribution is 2.15. The van der Waals surface area contributed by atoms with Crippen LogP contribution in [0.3, 0.4) is 0 Å². The highest BCUT2D eigenvalue weighted by Gasteiger charge is 2.27. The summed E-state index contributed by atoms with van der Waals surface area (Å²) in [5.74, 6) is -0.608. The van der Waals surface area contributed by atoms with E-state index in [2.05, 4.69) is 5.32 Å². The fraction of sp³-hybridized carbons (Fsp3) is 0.467. The Morgan fingerprint density at radius 3 is 2.35 bits per heavy atom. The van der Waals surface area contributed by atoms with Crippen molar-refractivity contribution in [2.24, 2.45) is 5.73 Å². The summed E-state index contributed by atoms with van der Waals surface area (Å²) in [4.78, 5) is 23.5. The van der Waals surface area contributed by atoms with Gasteiger partial charge in [-0.2, -0.15) is 0 Å². The number of rotatable bonds is 6. The van der Waals surface area contributed by atoms with Gasteiger partial charge in [0, 0.05) is 5.69 Å². The molecule has 0 aromatic heterocycles. The van der Waals surface area contributed by atoms with Gasteiger partial charge < -0.3 is 15.8 Å². The van der Waals surface area contributed by atoms with Gasteiger partial charge in [-0.15, -0.1) is 0 Å². The average Bonchev–Trinajstić information content (AvgIpc) is 2.39. The zero-order valence-corrected chi connectivity index (χ0v) is 12.2. The zero-order chi connectivity index (χ0) is 15.2. The molecule has 0 bridgehead atoms. The Labute approximate surface area is 119 Å². The minimum Gasteiger partial charge on any atom is -0.462 e. The van der Waals surface area contributed by atoms with Crippen molar-refractivity contribution < 1.29 is 14.3 Å². The van der Waals surface area contributed by atoms with Gasteiger partial charge >= 0.3 is 5.97 Å². The number of hydrogen-bond donors (Lipinski definition) is 2. The smallest absolute Gasteiger partial charge is 0.338 e. The lowest BCUT2D eigenvalue weighted by Crippen LogP contribution is -2.48. The summed E-state index contributed by atoms with van der Waals surface area (Å²) in [5, 5.41) is 2.75. The molecule has 0 aliphatic heterocycles. The molecule has 1 unspecified atom stereocenters. The summed E-state index contributed by atoms with van der Waals surface area (Å²) >= 11 is 0. The van der Waals surface area contributed by atoms with Crippen LogP contribution < -0.4 is 11.1 Å². The standard InChI is InChI=1S/C15H22N2O3/c1-4-10-15(3,16)14(19)17-12-8-6-11(7-9-12)13(18)20-5-2/h6-9H,4-5,10,16H2,1-3H3,(H,17,19). The number of nitrogens with two attached hydrogens (primary N) is 1. The van der Waals surface area contributed by atoms with E-state index in [0.29, 0.717) is 24.3 Å². The molecule has 0 aliphatic rings. The van der Waals surface area contributed by atoms with Gasteiger partial charge in [0.1, 0.15) is 0 Å². The van der Waals surface area contributed by atoms with Crippen molar-refractivity contribution in [3.63, 3.8) is 0 Å². The largest absolute Gasteiger partial charge is 0.462 e. The lowest BCUT2D eigenvalue weighted by molar-refractivity contribution is -0.120. The van der Waals surface area contributed by atoms with Gasteiger partial charge in [0.2, 0.25) is 5.91 Å². The minimum atomic E-state index is -0.894. The highest BCUT2D eigenvalue weighted by atomic mass is 16.5. The van der Waals surface area contributed by atoms with Crippen LogP contribution >= 0.6 is 0 Å². The molecule has 110 valence electrons. The monoisotopic (exact) mass is 278 g/mol. The van der Waals surface area contributed by atoms with Gasteiger partial charge in [-0.1, -0.05) is 13.3 Å². The maximum Gasteiger partial charge on any atom is 0.338 e. The molecule has 0 aliphatic carbocycles. The number of carbonyl (C=O) groups excluding carboxylic acids is 2. The van der Waals surface area contributed by atoms with Crippen molar-refractivity contribution in [3.05, 3.63) is 29.8 Å². The predicted octanol–water partition coefficient (Wildman–Crippen LogP) is 2.32. The first-order valence-corrected chi connectivity index (χ1v) is 6.78. The van der Waals surface area contributed by atoms with E-state index in [1.807, 2.05) is 6.92 Å². The lowest BCUT2D eigenvalue weighted by atomic mass is 9.96. The van der Waals surface area contributed by atoms with Crippen molar-refractivity contribution in [2.75, 3.05) is 11.9 Å². The first-order chi connectivity index (χ1) is 9.40. The highest BCUT2D eigenvalue weighted by molar-refractivity contribution is 5.98. The molecule has 0 radical (unpaired) electrons. The third kappa shape index (κ3) is 4.35. The van der Waals surface area contributed by atoms with Gasteiger partial charge in [0.25, 0.3) is 0 Å². The van der Waals surface area contributed by atoms with Crippen LogP contribution in [0.4, 0.5) is 5.69 Å². The van der Waals surface area contributed by atoms with Crippen molar-refractivity contribution in [2.45, 2.75) is 39.2 Å². The van der Waals surface area contributed by atoms with E-state index in [4.69, 9.17) is 10.5 Å². The van der Waals surface area contributed by atoms with E-state index >= 15 is 0 Å². The third-order valence-corrected chi connectivity index (χ3v) is 2.94. The molecule has 0 fully saturated rings. The van der Waals surface area contributed by atoms with Crippen LogP contribution in [0, 0.1) is 0 Å². The summed E-state index contributed by atoms with van der Waals surface area (Å²) in [6, 6.07) is 6.54. The summed E-state index contributed by atoms with van der Waals surface area (Å²) in [5.41, 5.74) is 6.12. The maximum absolute atomic E-state index is 12.0. The van der Waals surface area contributed by atoms with Crippen LogP contribution in [0.25, 0.3) is 0 Å². The molecule has 0 saturated heterocycles. The second-order valence-electron chi connectivity index (χ2n) is 4.92. The normalized spacial score (nSPS) is 13.4. The molecule has 0 saturated carbocycles. The Bertz CT molecular complexity index is 467. The fourth-order valence-corrected chi connectivity index (χ4v) is 1.81. The Balaban J connectivity index is 2.70. The number of esters is 1. The summed E-state index contributed by atoms with van der Waals surface area (Å²) in [7, 11) is 0. The van der Waals surface area contributed by atoms with Gasteiger partial charge in [-0.3, -0.25) is 4.79 Å². The lowest BCUT2D eigenvalue weighted by Gasteiger charge is -2.22. The number of hydrogen-bond acceptors (Lipinski definition) is 4. The molecular weight excluding hydrogens is 256 g/mol. The van der Waals surface area contributed by atoms with E-state index in [1.165, 1.54) is 0 Å². The van der Waals surface area contributed by atoms with E-state index in [-0.39, 0.29) is 11.9 Å². The number of amides is 1. The number of benzene rings is 1. The topological polar surface area (TPSA) is 81.4 Å². The molecule has 3 N–H and O–H groups in total. The molecule has 1 aromatic rings. The first-order valence-electron chi connectivity index (χ1n) is 6.78. The van der Waals surface area contributed by atoms with Gasteiger partial charge in [-0.05, 0) is 44.5 Å². The van der Waals surface area contributed by atoms with Crippen molar-refractivity contribution in [3.8, 4) is 0 Å². The molecule has 5 nitrogen and oxygen atoms in total. The Kier molecular flexibility index (Phi) is 5.70. The Hall–Kier alpha value is -1.88. The van der Waals surface area contributed by atoms with E-state index in [9.17, 15) is 9.59 Å². The summed E-state index contributed by atoms with van der Waals surface area (Å²) in [6.45, 7) is 5.77. The Morgan fingerprint density at radius 2 is 1.85 bits per heavy atom. The SMILES string of the molecule is CCCC(C)(N)C(=O)Nc1ccc(C(=O)OCC)cc1. The van der Waals surface area contributed by atoms with Gasteiger partial charge in [0.15, 0.2) is 0 Å². The van der Waals surface area contributed by atoms with Crippen LogP contribution in [0.2, 0.25) is 0 Å². The molecule has 20 heavy (non-hydrogen) atoms. The summed E-state index contributed by atoms with van der Waals surface area (Å²) < 4.78 is 4.89. The average molecular weight is 278 g/mol. The van der Waals surface area contributed by atoms with E-state index < -0.39 is 5.54 Å². The number of anilines is 1. The Morgan fingerprint density at radius 1 is 1.25 bits per heavy atom. The second-order valence-corrected chi connectivity index (χ2v) is 4.92. The van der Waals surface area contributed by atoms with Crippen LogP contribution in [0.1, 0.15) is 44.0 Å². The fourth-order valence-electron chi connectivity index (χ4n) is 1.81. The van der Waals surface area contributed by atoms with Crippen LogP contribution in [-0.4, -0.2) is 24.0 Å². The predicted molar refractivity (Wildman–Crippen MR) is 78.5 cm³/mol. The van der Waals surface area contributed by atoms with Gasteiger partial charge in [0.05, 0.1) is 17.7 Å².